The number of piperidine rings is 1. The van der Waals surface area contributed by atoms with Crippen LogP contribution in [0.15, 0.2) is 59.1 Å². The third-order valence-corrected chi connectivity index (χ3v) is 5.12. The molecule has 2 aromatic carbocycles. The number of nitrogens with one attached hydrogen (secondary N) is 1. The minimum absolute atomic E-state index is 0.0859. The van der Waals surface area contributed by atoms with Crippen LogP contribution >= 0.6 is 0 Å². The molecule has 0 saturated carbocycles. The molecule has 0 atom stereocenters. The molecule has 150 valence electrons. The number of nitrogens with zero attached hydrogens (tertiary/aromatic N) is 2. The summed E-state index contributed by atoms with van der Waals surface area (Å²) < 4.78 is 18.7. The molecule has 4 rings (SSSR count). The Balaban J connectivity index is 1.28. The summed E-state index contributed by atoms with van der Waals surface area (Å²) in [7, 11) is 0. The number of aryl methyl sites for hydroxylation is 1. The number of amides is 1. The molecule has 0 bridgehead atoms. The van der Waals surface area contributed by atoms with E-state index in [9.17, 15) is 9.18 Å². The van der Waals surface area contributed by atoms with E-state index in [1.807, 2.05) is 12.1 Å². The Kier molecular flexibility index (Phi) is 5.89. The molecule has 0 spiro atoms. The summed E-state index contributed by atoms with van der Waals surface area (Å²) in [6.45, 7) is 2.20. The molecular weight excluding hydrogens is 369 g/mol. The van der Waals surface area contributed by atoms with Crippen LogP contribution in [0.2, 0.25) is 0 Å². The highest BCUT2D eigenvalue weighted by Gasteiger charge is 2.12. The van der Waals surface area contributed by atoms with Crippen molar-refractivity contribution < 1.29 is 13.6 Å². The van der Waals surface area contributed by atoms with Crippen molar-refractivity contribution in [2.24, 2.45) is 0 Å². The van der Waals surface area contributed by atoms with Crippen LogP contribution in [0.1, 0.15) is 31.6 Å². The minimum Gasteiger partial charge on any atom is -0.441 e. The molecule has 1 N–H and O–H groups in total. The van der Waals surface area contributed by atoms with E-state index in [1.165, 1.54) is 37.1 Å². The van der Waals surface area contributed by atoms with Gasteiger partial charge in [-0.1, -0.05) is 0 Å². The zero-order chi connectivity index (χ0) is 20.1. The lowest BCUT2D eigenvalue weighted by Gasteiger charge is -2.28. The van der Waals surface area contributed by atoms with Crippen LogP contribution in [-0.2, 0) is 11.2 Å². The fourth-order valence-corrected chi connectivity index (χ4v) is 3.53. The second-order valence-corrected chi connectivity index (χ2v) is 7.27. The molecule has 5 nitrogen and oxygen atoms in total. The van der Waals surface area contributed by atoms with E-state index in [0.717, 1.165) is 24.3 Å². The number of carbonyl (C=O) groups excluding carboxylic acids is 1. The summed E-state index contributed by atoms with van der Waals surface area (Å²) in [6.07, 6.45) is 6.06. The fourth-order valence-electron chi connectivity index (χ4n) is 3.53. The number of rotatable bonds is 6. The average Bonchev–Trinajstić information content (AvgIpc) is 3.23. The second kappa shape index (κ2) is 8.90. The Hall–Kier alpha value is -3.15. The number of benzene rings is 2. The van der Waals surface area contributed by atoms with Crippen molar-refractivity contribution in [3.63, 3.8) is 0 Å². The molecule has 1 aliphatic heterocycles. The molecule has 0 unspecified atom stereocenters. The van der Waals surface area contributed by atoms with Crippen molar-refractivity contribution in [2.45, 2.75) is 32.1 Å². The van der Waals surface area contributed by atoms with Gasteiger partial charge in [0.1, 0.15) is 5.82 Å². The van der Waals surface area contributed by atoms with E-state index in [1.54, 1.807) is 18.3 Å². The molecule has 29 heavy (non-hydrogen) atoms. The van der Waals surface area contributed by atoms with E-state index >= 15 is 0 Å². The summed E-state index contributed by atoms with van der Waals surface area (Å²) in [5, 5.41) is 2.92. The van der Waals surface area contributed by atoms with Gasteiger partial charge in [-0.25, -0.2) is 9.37 Å². The maximum atomic E-state index is 13.0. The molecule has 2 heterocycles. The zero-order valence-corrected chi connectivity index (χ0v) is 16.2. The first-order valence-electron chi connectivity index (χ1n) is 10.0. The third kappa shape index (κ3) is 5.02. The molecular formula is C23H24FN3O2. The molecule has 6 heteroatoms. The largest absolute Gasteiger partial charge is 0.441 e. The predicted octanol–water partition coefficient (Wildman–Crippen LogP) is 5.04. The van der Waals surface area contributed by atoms with E-state index < -0.39 is 0 Å². The van der Waals surface area contributed by atoms with Gasteiger partial charge in [-0.15, -0.1) is 0 Å². The maximum Gasteiger partial charge on any atom is 0.224 e. The van der Waals surface area contributed by atoms with Crippen molar-refractivity contribution >= 4 is 17.3 Å². The highest BCUT2D eigenvalue weighted by atomic mass is 19.1. The van der Waals surface area contributed by atoms with Crippen molar-refractivity contribution in [1.29, 1.82) is 0 Å². The second-order valence-electron chi connectivity index (χ2n) is 7.27. The van der Waals surface area contributed by atoms with E-state index in [0.29, 0.717) is 18.1 Å². The molecule has 1 amide bonds. The van der Waals surface area contributed by atoms with Gasteiger partial charge in [-0.3, -0.25) is 4.79 Å². The zero-order valence-electron chi connectivity index (χ0n) is 16.2. The van der Waals surface area contributed by atoms with Gasteiger partial charge >= 0.3 is 0 Å². The normalized spacial score (nSPS) is 14.0. The van der Waals surface area contributed by atoms with Crippen LogP contribution in [0.4, 0.5) is 15.8 Å². The number of halogens is 1. The van der Waals surface area contributed by atoms with Gasteiger partial charge in [0, 0.05) is 42.9 Å². The Bertz CT molecular complexity index is 945. The summed E-state index contributed by atoms with van der Waals surface area (Å²) in [5.74, 6) is 0.667. The van der Waals surface area contributed by atoms with Crippen LogP contribution in [0.3, 0.4) is 0 Å². The first-order valence-corrected chi connectivity index (χ1v) is 10.0. The minimum atomic E-state index is -0.297. The number of carbonyl (C=O) groups is 1. The highest BCUT2D eigenvalue weighted by molar-refractivity contribution is 5.91. The van der Waals surface area contributed by atoms with Gasteiger partial charge in [0.05, 0.1) is 6.20 Å². The number of aromatic nitrogens is 1. The summed E-state index contributed by atoms with van der Waals surface area (Å²) in [5.41, 5.74) is 2.74. The van der Waals surface area contributed by atoms with Gasteiger partial charge in [0.25, 0.3) is 0 Å². The lowest BCUT2D eigenvalue weighted by atomic mass is 10.1. The lowest BCUT2D eigenvalue weighted by molar-refractivity contribution is -0.116. The summed E-state index contributed by atoms with van der Waals surface area (Å²) in [6, 6.07) is 14.0. The van der Waals surface area contributed by atoms with Crippen LogP contribution in [0.5, 0.6) is 0 Å². The average molecular weight is 393 g/mol. The molecule has 3 aromatic rings. The fraction of sp³-hybridized carbons (Fsp3) is 0.304. The standard InChI is InChI=1S/C23H24FN3O2/c24-18-6-4-17(5-7-18)21-16-25-23(29-21)13-12-22(28)26-19-8-10-20(11-9-19)27-14-2-1-3-15-27/h4-11,16H,1-3,12-15H2,(H,26,28). The lowest BCUT2D eigenvalue weighted by Crippen LogP contribution is -2.29. The highest BCUT2D eigenvalue weighted by Crippen LogP contribution is 2.23. The molecule has 1 aromatic heterocycles. The van der Waals surface area contributed by atoms with Gasteiger partial charge in [-0.2, -0.15) is 0 Å². The Morgan fingerprint density at radius 2 is 1.76 bits per heavy atom. The topological polar surface area (TPSA) is 58.4 Å². The Labute approximate surface area is 169 Å². The molecule has 0 aliphatic carbocycles. The molecule has 1 aliphatic rings. The predicted molar refractivity (Wildman–Crippen MR) is 111 cm³/mol. The van der Waals surface area contributed by atoms with Gasteiger partial charge in [0.15, 0.2) is 11.7 Å². The summed E-state index contributed by atoms with van der Waals surface area (Å²) in [4.78, 5) is 18.9. The molecule has 0 radical (unpaired) electrons. The van der Waals surface area contributed by atoms with E-state index in [2.05, 4.69) is 27.3 Å². The van der Waals surface area contributed by atoms with Crippen molar-refractivity contribution in [3.05, 3.63) is 66.4 Å². The number of hydrogen-bond donors (Lipinski definition) is 1. The van der Waals surface area contributed by atoms with Gasteiger partial charge in [-0.05, 0) is 67.8 Å². The Morgan fingerprint density at radius 3 is 2.48 bits per heavy atom. The van der Waals surface area contributed by atoms with Crippen LogP contribution < -0.4 is 10.2 Å². The Morgan fingerprint density at radius 1 is 1.03 bits per heavy atom. The quantitative estimate of drug-likeness (QED) is 0.637. The van der Waals surface area contributed by atoms with Crippen molar-refractivity contribution in [2.75, 3.05) is 23.3 Å². The smallest absolute Gasteiger partial charge is 0.224 e. The molecule has 1 fully saturated rings. The van der Waals surface area contributed by atoms with Gasteiger partial charge < -0.3 is 14.6 Å². The van der Waals surface area contributed by atoms with E-state index in [-0.39, 0.29) is 18.1 Å². The van der Waals surface area contributed by atoms with Crippen LogP contribution in [0.25, 0.3) is 11.3 Å². The SMILES string of the molecule is O=C(CCc1ncc(-c2ccc(F)cc2)o1)Nc1ccc(N2CCCCC2)cc1. The number of hydrogen-bond acceptors (Lipinski definition) is 4. The van der Waals surface area contributed by atoms with Crippen LogP contribution in [0, 0.1) is 5.82 Å². The van der Waals surface area contributed by atoms with Crippen LogP contribution in [-0.4, -0.2) is 24.0 Å². The maximum absolute atomic E-state index is 13.0. The first-order chi connectivity index (χ1) is 14.2. The monoisotopic (exact) mass is 393 g/mol. The van der Waals surface area contributed by atoms with Crippen molar-refractivity contribution in [1.82, 2.24) is 4.98 Å². The number of oxazole rings is 1. The molecule has 1 saturated heterocycles. The van der Waals surface area contributed by atoms with Crippen molar-refractivity contribution in [3.8, 4) is 11.3 Å². The third-order valence-electron chi connectivity index (χ3n) is 5.12. The first kappa shape index (κ1) is 19.2. The van der Waals surface area contributed by atoms with Gasteiger partial charge in [0.2, 0.25) is 5.91 Å². The van der Waals surface area contributed by atoms with E-state index in [4.69, 9.17) is 4.42 Å². The number of anilines is 2. The summed E-state index contributed by atoms with van der Waals surface area (Å²) >= 11 is 0.